The van der Waals surface area contributed by atoms with E-state index in [1.165, 1.54) is 6.07 Å². The summed E-state index contributed by atoms with van der Waals surface area (Å²) in [7, 11) is 0. The number of aromatic amines is 1. The quantitative estimate of drug-likeness (QED) is 0.308. The maximum Gasteiger partial charge on any atom is 0.412 e. The molecule has 1 amide bonds. The van der Waals surface area contributed by atoms with Crippen molar-refractivity contribution in [1.82, 2.24) is 15.0 Å². The van der Waals surface area contributed by atoms with Crippen molar-refractivity contribution in [1.29, 1.82) is 0 Å². The first kappa shape index (κ1) is 22.2. The van der Waals surface area contributed by atoms with Crippen LogP contribution in [0.25, 0.3) is 22.2 Å². The molecule has 5 aromatic rings. The molecule has 2 N–H and O–H groups in total. The van der Waals surface area contributed by atoms with Crippen LogP contribution in [-0.4, -0.2) is 21.0 Å². The van der Waals surface area contributed by atoms with Gasteiger partial charge in [0, 0.05) is 53.3 Å². The molecule has 0 aliphatic carbocycles. The van der Waals surface area contributed by atoms with Crippen molar-refractivity contribution in [2.24, 2.45) is 0 Å². The van der Waals surface area contributed by atoms with Crippen LogP contribution in [0.15, 0.2) is 85.5 Å². The Morgan fingerprint density at radius 2 is 1.86 bits per heavy atom. The van der Waals surface area contributed by atoms with E-state index in [0.29, 0.717) is 11.2 Å². The summed E-state index contributed by atoms with van der Waals surface area (Å²) in [6, 6.07) is 17.0. The number of rotatable bonds is 6. The summed E-state index contributed by atoms with van der Waals surface area (Å²) in [5.41, 5.74) is 3.45. The van der Waals surface area contributed by atoms with Gasteiger partial charge in [0.2, 0.25) is 0 Å². The molecule has 0 spiro atoms. The van der Waals surface area contributed by atoms with Gasteiger partial charge in [-0.1, -0.05) is 36.4 Å². The fourth-order valence-electron chi connectivity index (χ4n) is 3.81. The fraction of sp³-hybridized carbons (Fsp3) is 0.0741. The third-order valence-electron chi connectivity index (χ3n) is 5.61. The largest absolute Gasteiger partial charge is 0.444 e. The SMILES string of the molecule is O=C(Nc1ccc(F)c(Cc2c[nH]c3ncc(-c4cccnc4)cc23)c1F)OCc1ccccc1. The molecule has 0 atom stereocenters. The Bertz CT molecular complexity index is 1490. The monoisotopic (exact) mass is 470 g/mol. The number of hydrogen-bond acceptors (Lipinski definition) is 4. The van der Waals surface area contributed by atoms with Crippen LogP contribution in [0.4, 0.5) is 19.3 Å². The van der Waals surface area contributed by atoms with Gasteiger partial charge >= 0.3 is 6.09 Å². The second-order valence-electron chi connectivity index (χ2n) is 7.93. The molecule has 5 rings (SSSR count). The van der Waals surface area contributed by atoms with Crippen molar-refractivity contribution in [3.63, 3.8) is 0 Å². The summed E-state index contributed by atoms with van der Waals surface area (Å²) in [6.07, 6.45) is 5.93. The van der Waals surface area contributed by atoms with E-state index in [0.717, 1.165) is 28.1 Å². The lowest BCUT2D eigenvalue weighted by Crippen LogP contribution is -2.15. The van der Waals surface area contributed by atoms with Gasteiger partial charge in [-0.25, -0.2) is 18.6 Å². The zero-order valence-electron chi connectivity index (χ0n) is 18.5. The van der Waals surface area contributed by atoms with E-state index in [-0.39, 0.29) is 24.3 Å². The normalized spacial score (nSPS) is 10.9. The number of amides is 1. The van der Waals surface area contributed by atoms with Crippen LogP contribution >= 0.6 is 0 Å². The van der Waals surface area contributed by atoms with Crippen molar-refractivity contribution < 1.29 is 18.3 Å². The smallest absolute Gasteiger partial charge is 0.412 e. The highest BCUT2D eigenvalue weighted by atomic mass is 19.1. The zero-order valence-corrected chi connectivity index (χ0v) is 18.5. The van der Waals surface area contributed by atoms with Crippen LogP contribution in [0.5, 0.6) is 0 Å². The zero-order chi connectivity index (χ0) is 24.2. The van der Waals surface area contributed by atoms with Crippen LogP contribution in [0.3, 0.4) is 0 Å². The fourth-order valence-corrected chi connectivity index (χ4v) is 3.81. The lowest BCUT2D eigenvalue weighted by molar-refractivity contribution is 0.155. The molecule has 0 bridgehead atoms. The summed E-state index contributed by atoms with van der Waals surface area (Å²) in [5, 5.41) is 3.11. The molecule has 3 aromatic heterocycles. The maximum atomic E-state index is 15.2. The van der Waals surface area contributed by atoms with Crippen molar-refractivity contribution >= 4 is 22.8 Å². The molecular formula is C27H20F2N4O2. The summed E-state index contributed by atoms with van der Waals surface area (Å²) in [5.74, 6) is -1.57. The van der Waals surface area contributed by atoms with Crippen LogP contribution in [-0.2, 0) is 17.8 Å². The first-order valence-electron chi connectivity index (χ1n) is 10.9. The average Bonchev–Trinajstić information content (AvgIpc) is 3.30. The van der Waals surface area contributed by atoms with E-state index >= 15 is 4.39 Å². The number of benzene rings is 2. The highest BCUT2D eigenvalue weighted by Crippen LogP contribution is 2.29. The van der Waals surface area contributed by atoms with Crippen LogP contribution in [0.2, 0.25) is 0 Å². The number of carbonyl (C=O) groups is 1. The third-order valence-corrected chi connectivity index (χ3v) is 5.61. The first-order valence-corrected chi connectivity index (χ1v) is 10.9. The van der Waals surface area contributed by atoms with Gasteiger partial charge in [0.15, 0.2) is 5.82 Å². The number of carbonyl (C=O) groups excluding carboxylic acids is 1. The van der Waals surface area contributed by atoms with E-state index in [9.17, 15) is 9.18 Å². The number of H-pyrrole nitrogens is 1. The molecule has 174 valence electrons. The predicted octanol–water partition coefficient (Wildman–Crippen LogP) is 6.24. The second-order valence-corrected chi connectivity index (χ2v) is 7.93. The molecule has 35 heavy (non-hydrogen) atoms. The van der Waals surface area contributed by atoms with Gasteiger partial charge in [0.05, 0.1) is 5.69 Å². The van der Waals surface area contributed by atoms with Gasteiger partial charge in [-0.3, -0.25) is 10.3 Å². The van der Waals surface area contributed by atoms with E-state index in [1.54, 1.807) is 36.9 Å². The van der Waals surface area contributed by atoms with Crippen molar-refractivity contribution in [2.45, 2.75) is 13.0 Å². The number of nitrogens with one attached hydrogen (secondary N) is 2. The minimum Gasteiger partial charge on any atom is -0.444 e. The first-order chi connectivity index (χ1) is 17.1. The summed E-state index contributed by atoms with van der Waals surface area (Å²) >= 11 is 0. The Hall–Kier alpha value is -4.59. The Morgan fingerprint density at radius 1 is 1.00 bits per heavy atom. The van der Waals surface area contributed by atoms with Crippen molar-refractivity contribution in [3.05, 3.63) is 114 Å². The van der Waals surface area contributed by atoms with Gasteiger partial charge in [0.1, 0.15) is 18.1 Å². The number of pyridine rings is 2. The number of ether oxygens (including phenoxy) is 1. The molecule has 0 fully saturated rings. The molecule has 0 radical (unpaired) electrons. The van der Waals surface area contributed by atoms with Gasteiger partial charge in [-0.2, -0.15) is 0 Å². The number of hydrogen-bond donors (Lipinski definition) is 2. The Balaban J connectivity index is 1.38. The Morgan fingerprint density at radius 3 is 2.66 bits per heavy atom. The molecule has 0 unspecified atom stereocenters. The molecule has 0 aliphatic rings. The highest BCUT2D eigenvalue weighted by Gasteiger charge is 2.18. The summed E-state index contributed by atoms with van der Waals surface area (Å²) < 4.78 is 35.1. The minimum absolute atomic E-state index is 0.0317. The second kappa shape index (κ2) is 9.72. The van der Waals surface area contributed by atoms with Crippen molar-refractivity contribution in [3.8, 4) is 11.1 Å². The molecule has 8 heteroatoms. The van der Waals surface area contributed by atoms with Crippen LogP contribution in [0.1, 0.15) is 16.7 Å². The van der Waals surface area contributed by atoms with Crippen LogP contribution < -0.4 is 5.32 Å². The predicted molar refractivity (Wildman–Crippen MR) is 129 cm³/mol. The summed E-state index contributed by atoms with van der Waals surface area (Å²) in [4.78, 5) is 23.8. The topological polar surface area (TPSA) is 79.9 Å². The van der Waals surface area contributed by atoms with E-state index in [1.807, 2.05) is 36.4 Å². The minimum atomic E-state index is -0.854. The van der Waals surface area contributed by atoms with E-state index < -0.39 is 17.7 Å². The van der Waals surface area contributed by atoms with Gasteiger partial charge in [-0.15, -0.1) is 0 Å². The van der Waals surface area contributed by atoms with E-state index in [4.69, 9.17) is 4.74 Å². The average molecular weight is 470 g/mol. The number of anilines is 1. The highest BCUT2D eigenvalue weighted by molar-refractivity contribution is 5.86. The number of fused-ring (bicyclic) bond motifs is 1. The molecule has 0 aliphatic heterocycles. The van der Waals surface area contributed by atoms with Gasteiger partial charge < -0.3 is 9.72 Å². The Kier molecular flexibility index (Phi) is 6.17. The molecular weight excluding hydrogens is 450 g/mol. The number of halogens is 2. The molecule has 6 nitrogen and oxygen atoms in total. The lowest BCUT2D eigenvalue weighted by Gasteiger charge is -2.11. The third kappa shape index (κ3) is 4.86. The maximum absolute atomic E-state index is 15.2. The standard InChI is InChI=1S/C27H20F2N4O2/c28-23-8-9-24(33-27(34)35-16-17-5-2-1-3-6-17)25(29)22(23)12-20-15-32-26-21(20)11-19(14-31-26)18-7-4-10-30-13-18/h1-11,13-15H,12,16H2,(H,31,32)(H,33,34). The van der Waals surface area contributed by atoms with Crippen LogP contribution in [0, 0.1) is 11.6 Å². The van der Waals surface area contributed by atoms with Gasteiger partial charge in [-0.05, 0) is 35.4 Å². The van der Waals surface area contributed by atoms with Gasteiger partial charge in [0.25, 0.3) is 0 Å². The van der Waals surface area contributed by atoms with Crippen molar-refractivity contribution in [2.75, 3.05) is 5.32 Å². The lowest BCUT2D eigenvalue weighted by atomic mass is 10.0. The number of aromatic nitrogens is 3. The summed E-state index contributed by atoms with van der Waals surface area (Å²) in [6.45, 7) is 0.0317. The van der Waals surface area contributed by atoms with E-state index in [2.05, 4.69) is 20.3 Å². The molecule has 0 saturated heterocycles. The Labute approximate surface area is 199 Å². The molecule has 3 heterocycles. The molecule has 0 saturated carbocycles. The number of nitrogens with zero attached hydrogens (tertiary/aromatic N) is 2. The molecule has 2 aromatic carbocycles.